The SMILES string of the molecule is COc1ccc(-c2nnc(SCC(=O)NC(=O)NC3CCCC3)o2)c(OC)c1. The lowest BCUT2D eigenvalue weighted by molar-refractivity contribution is -0.117. The summed E-state index contributed by atoms with van der Waals surface area (Å²) in [5.74, 6) is 0.992. The summed E-state index contributed by atoms with van der Waals surface area (Å²) in [6.07, 6.45) is 4.12. The first kappa shape index (κ1) is 20.0. The predicted molar refractivity (Wildman–Crippen MR) is 102 cm³/mol. The molecule has 1 aliphatic rings. The summed E-state index contributed by atoms with van der Waals surface area (Å²) in [7, 11) is 3.10. The van der Waals surface area contributed by atoms with E-state index in [1.54, 1.807) is 25.3 Å². The van der Waals surface area contributed by atoms with Gasteiger partial charge in [-0.1, -0.05) is 24.6 Å². The molecule has 28 heavy (non-hydrogen) atoms. The van der Waals surface area contributed by atoms with E-state index in [1.165, 1.54) is 7.11 Å². The summed E-state index contributed by atoms with van der Waals surface area (Å²) in [5.41, 5.74) is 0.614. The zero-order valence-electron chi connectivity index (χ0n) is 15.7. The number of ether oxygens (including phenoxy) is 2. The summed E-state index contributed by atoms with van der Waals surface area (Å²) in [6.45, 7) is 0. The number of amides is 3. The van der Waals surface area contributed by atoms with Gasteiger partial charge in [0.05, 0.1) is 25.5 Å². The maximum Gasteiger partial charge on any atom is 0.321 e. The number of aromatic nitrogens is 2. The maximum atomic E-state index is 11.9. The minimum atomic E-state index is -0.466. The topological polar surface area (TPSA) is 116 Å². The summed E-state index contributed by atoms with van der Waals surface area (Å²) >= 11 is 1.05. The predicted octanol–water partition coefficient (Wildman–Crippen LogP) is 2.61. The van der Waals surface area contributed by atoms with Crippen molar-refractivity contribution in [3.8, 4) is 23.0 Å². The van der Waals surface area contributed by atoms with Gasteiger partial charge in [0, 0.05) is 12.1 Å². The molecular weight excluding hydrogens is 384 g/mol. The minimum absolute atomic E-state index is 0.0144. The number of benzene rings is 1. The molecule has 0 unspecified atom stereocenters. The zero-order chi connectivity index (χ0) is 19.9. The molecule has 0 atom stereocenters. The maximum absolute atomic E-state index is 11.9. The van der Waals surface area contributed by atoms with Crippen LogP contribution in [0.5, 0.6) is 11.5 Å². The van der Waals surface area contributed by atoms with E-state index in [0.29, 0.717) is 17.1 Å². The number of imide groups is 1. The Morgan fingerprint density at radius 1 is 1.21 bits per heavy atom. The van der Waals surface area contributed by atoms with Crippen LogP contribution < -0.4 is 20.1 Å². The van der Waals surface area contributed by atoms with Gasteiger partial charge >= 0.3 is 6.03 Å². The largest absolute Gasteiger partial charge is 0.497 e. The first-order chi connectivity index (χ1) is 13.6. The molecule has 0 bridgehead atoms. The molecule has 0 aliphatic heterocycles. The average molecular weight is 406 g/mol. The fourth-order valence-corrected chi connectivity index (χ4v) is 3.50. The second-order valence-corrected chi connectivity index (χ2v) is 7.16. The summed E-state index contributed by atoms with van der Waals surface area (Å²) in [4.78, 5) is 23.7. The van der Waals surface area contributed by atoms with Crippen LogP contribution in [0.2, 0.25) is 0 Å². The number of nitrogens with zero attached hydrogens (tertiary/aromatic N) is 2. The highest BCUT2D eigenvalue weighted by Gasteiger charge is 2.19. The highest BCUT2D eigenvalue weighted by Crippen LogP contribution is 2.33. The molecule has 3 amide bonds. The molecule has 0 radical (unpaired) electrons. The van der Waals surface area contributed by atoms with Gasteiger partial charge < -0.3 is 19.2 Å². The molecule has 3 rings (SSSR count). The van der Waals surface area contributed by atoms with Crippen LogP contribution >= 0.6 is 11.8 Å². The molecule has 1 aromatic heterocycles. The lowest BCUT2D eigenvalue weighted by Crippen LogP contribution is -2.44. The average Bonchev–Trinajstić information content (AvgIpc) is 3.37. The Labute approximate surface area is 166 Å². The van der Waals surface area contributed by atoms with Crippen LogP contribution in [0.15, 0.2) is 27.8 Å². The molecule has 2 aromatic rings. The van der Waals surface area contributed by atoms with Crippen LogP contribution in [0.4, 0.5) is 4.79 Å². The Morgan fingerprint density at radius 3 is 2.71 bits per heavy atom. The van der Waals surface area contributed by atoms with Crippen molar-refractivity contribution in [1.29, 1.82) is 0 Å². The molecule has 1 aromatic carbocycles. The number of hydrogen-bond acceptors (Lipinski definition) is 8. The van der Waals surface area contributed by atoms with Gasteiger partial charge in [0.15, 0.2) is 0 Å². The fraction of sp³-hybridized carbons (Fsp3) is 0.444. The second-order valence-electron chi connectivity index (χ2n) is 6.23. The zero-order valence-corrected chi connectivity index (χ0v) is 16.5. The Hall–Kier alpha value is -2.75. The van der Waals surface area contributed by atoms with Crippen molar-refractivity contribution in [3.63, 3.8) is 0 Å². The molecule has 1 fully saturated rings. The van der Waals surface area contributed by atoms with Gasteiger partial charge in [-0.3, -0.25) is 10.1 Å². The second kappa shape index (κ2) is 9.45. The standard InChI is InChI=1S/C18H22N4O5S/c1-25-12-7-8-13(14(9-12)26-2)16-21-22-18(27-16)28-10-15(23)20-17(24)19-11-5-3-4-6-11/h7-9,11H,3-6,10H2,1-2H3,(H2,19,20,23,24). The summed E-state index contributed by atoms with van der Waals surface area (Å²) in [6, 6.07) is 4.90. The van der Waals surface area contributed by atoms with Crippen molar-refractivity contribution in [2.75, 3.05) is 20.0 Å². The molecule has 1 saturated carbocycles. The Kier molecular flexibility index (Phi) is 6.75. The van der Waals surface area contributed by atoms with E-state index in [9.17, 15) is 9.59 Å². The molecule has 1 heterocycles. The number of carbonyl (C=O) groups excluding carboxylic acids is 2. The van der Waals surface area contributed by atoms with Crippen LogP contribution in [0, 0.1) is 0 Å². The Balaban J connectivity index is 1.53. The minimum Gasteiger partial charge on any atom is -0.497 e. The van der Waals surface area contributed by atoms with Crippen molar-refractivity contribution in [3.05, 3.63) is 18.2 Å². The van der Waals surface area contributed by atoms with Crippen LogP contribution in [0.25, 0.3) is 11.5 Å². The van der Waals surface area contributed by atoms with Crippen molar-refractivity contribution in [2.45, 2.75) is 36.9 Å². The van der Waals surface area contributed by atoms with Crippen molar-refractivity contribution in [1.82, 2.24) is 20.8 Å². The molecule has 0 spiro atoms. The number of rotatable bonds is 7. The number of urea groups is 1. The van der Waals surface area contributed by atoms with Gasteiger partial charge in [0.2, 0.25) is 5.91 Å². The number of hydrogen-bond donors (Lipinski definition) is 2. The molecule has 1 aliphatic carbocycles. The quantitative estimate of drug-likeness (QED) is 0.674. The molecule has 150 valence electrons. The molecule has 0 saturated heterocycles. The third-order valence-corrected chi connectivity index (χ3v) is 5.13. The van der Waals surface area contributed by atoms with E-state index in [4.69, 9.17) is 13.9 Å². The van der Waals surface area contributed by atoms with Crippen molar-refractivity contribution < 1.29 is 23.5 Å². The highest BCUT2D eigenvalue weighted by molar-refractivity contribution is 7.99. The van der Waals surface area contributed by atoms with Crippen LogP contribution in [0.1, 0.15) is 25.7 Å². The van der Waals surface area contributed by atoms with E-state index in [1.807, 2.05) is 0 Å². The lowest BCUT2D eigenvalue weighted by atomic mass is 10.2. The van der Waals surface area contributed by atoms with Crippen molar-refractivity contribution >= 4 is 23.7 Å². The first-order valence-electron chi connectivity index (χ1n) is 8.88. The van der Waals surface area contributed by atoms with E-state index in [2.05, 4.69) is 20.8 Å². The Bertz CT molecular complexity index is 835. The molecule has 2 N–H and O–H groups in total. The monoisotopic (exact) mass is 406 g/mol. The summed E-state index contributed by atoms with van der Waals surface area (Å²) in [5, 5.41) is 13.2. The third kappa shape index (κ3) is 5.16. The molecule has 10 heteroatoms. The fourth-order valence-electron chi connectivity index (χ4n) is 2.93. The normalized spacial score (nSPS) is 13.9. The number of thioether (sulfide) groups is 1. The summed E-state index contributed by atoms with van der Waals surface area (Å²) < 4.78 is 16.1. The third-order valence-electron chi connectivity index (χ3n) is 4.32. The van der Waals surface area contributed by atoms with E-state index in [0.717, 1.165) is 37.4 Å². The molecule has 9 nitrogen and oxygen atoms in total. The smallest absolute Gasteiger partial charge is 0.321 e. The highest BCUT2D eigenvalue weighted by atomic mass is 32.2. The number of methoxy groups -OCH3 is 2. The van der Waals surface area contributed by atoms with E-state index in [-0.39, 0.29) is 22.9 Å². The first-order valence-corrected chi connectivity index (χ1v) is 9.86. The van der Waals surface area contributed by atoms with Gasteiger partial charge in [-0.05, 0) is 25.0 Å². The van der Waals surface area contributed by atoms with Gasteiger partial charge in [-0.25, -0.2) is 4.79 Å². The molecular formula is C18H22N4O5S. The number of carbonyl (C=O) groups is 2. The van der Waals surface area contributed by atoms with Gasteiger partial charge in [-0.2, -0.15) is 0 Å². The van der Waals surface area contributed by atoms with Crippen LogP contribution in [-0.4, -0.2) is 48.1 Å². The van der Waals surface area contributed by atoms with E-state index < -0.39 is 11.9 Å². The lowest BCUT2D eigenvalue weighted by Gasteiger charge is -2.11. The van der Waals surface area contributed by atoms with Gasteiger partial charge in [-0.15, -0.1) is 10.2 Å². The number of nitrogens with one attached hydrogen (secondary N) is 2. The van der Waals surface area contributed by atoms with Gasteiger partial charge in [0.1, 0.15) is 11.5 Å². The van der Waals surface area contributed by atoms with Crippen LogP contribution in [-0.2, 0) is 4.79 Å². The van der Waals surface area contributed by atoms with Crippen LogP contribution in [0.3, 0.4) is 0 Å². The Morgan fingerprint density at radius 2 is 2.00 bits per heavy atom. The van der Waals surface area contributed by atoms with E-state index >= 15 is 0 Å². The van der Waals surface area contributed by atoms with Crippen molar-refractivity contribution in [2.24, 2.45) is 0 Å². The van der Waals surface area contributed by atoms with Gasteiger partial charge in [0.25, 0.3) is 11.1 Å².